The average molecular weight is 800 g/mol. The maximum atomic E-state index is 14.6. The lowest BCUT2D eigenvalue weighted by Crippen LogP contribution is -2.54. The Labute approximate surface area is 265 Å². The van der Waals surface area contributed by atoms with Gasteiger partial charge in [-0.1, -0.05) is 31.9 Å². The van der Waals surface area contributed by atoms with Crippen molar-refractivity contribution in [1.29, 1.82) is 0 Å². The number of halogens is 4. The van der Waals surface area contributed by atoms with Crippen molar-refractivity contribution in [2.45, 2.75) is 50.7 Å². The summed E-state index contributed by atoms with van der Waals surface area (Å²) in [5.74, 6) is -0.225. The zero-order valence-corrected chi connectivity index (χ0v) is 28.3. The third-order valence-electron chi connectivity index (χ3n) is 8.89. The van der Waals surface area contributed by atoms with Gasteiger partial charge in [-0.25, -0.2) is 0 Å². The molecule has 5 aliphatic rings. The Balaban J connectivity index is 1.46. The molecule has 10 heteroatoms. The molecule has 4 atom stereocenters. The molecule has 2 aromatic rings. The second-order valence-corrected chi connectivity index (χ2v) is 15.5. The number of rotatable bonds is 0. The second-order valence-electron chi connectivity index (χ2n) is 12.0. The smallest absolute Gasteiger partial charge is 0.228 e. The lowest BCUT2D eigenvalue weighted by Gasteiger charge is -2.52. The SMILES string of the molecule is CC1(C)OC2=C(C(=O)C3=C(C2=O)[C@@H]2c4cc(Br)cc(Br)c4OC[C@@H]2C(C)(C)O3)[C@H]2c3cc(Br)cc(Br)c3OC[C@H]21. The van der Waals surface area contributed by atoms with Crippen molar-refractivity contribution in [2.24, 2.45) is 11.8 Å². The molecule has 0 N–H and O–H groups in total. The molecular weight excluding hydrogens is 776 g/mol. The van der Waals surface area contributed by atoms with Crippen molar-refractivity contribution in [3.05, 3.63) is 75.9 Å². The van der Waals surface area contributed by atoms with Crippen LogP contribution in [0.1, 0.15) is 50.7 Å². The first-order valence-corrected chi connectivity index (χ1v) is 16.2. The third kappa shape index (κ3) is 3.74. The molecule has 4 aliphatic heterocycles. The standard InChI is InChI=1S/C30H24Br4O6/c1-29(2)15-9-37-25-13(5-11(31)7-17(25)33)19(15)21-24(36)28-22(23(35)27(21)39-29)20-14-6-12(32)8-18(34)26(14)38-10-16(20)30(3,4)40-28/h5-8,15-16,19-20H,9-10H2,1-4H3/t15-,16+,19+,20-. The minimum absolute atomic E-state index is 0.114. The van der Waals surface area contributed by atoms with E-state index in [0.717, 1.165) is 29.0 Å². The monoisotopic (exact) mass is 796 g/mol. The van der Waals surface area contributed by atoms with Gasteiger partial charge in [0.1, 0.15) is 22.7 Å². The largest absolute Gasteiger partial charge is 0.492 e. The van der Waals surface area contributed by atoms with Crippen LogP contribution in [0.15, 0.2) is 64.8 Å². The highest BCUT2D eigenvalue weighted by atomic mass is 79.9. The number of fused-ring (bicyclic) bond motifs is 8. The number of benzene rings is 2. The molecule has 0 aromatic heterocycles. The molecule has 0 spiro atoms. The summed E-state index contributed by atoms with van der Waals surface area (Å²) >= 11 is 14.4. The molecular formula is C30H24Br4O6. The molecule has 0 unspecified atom stereocenters. The predicted octanol–water partition coefficient (Wildman–Crippen LogP) is 7.90. The van der Waals surface area contributed by atoms with Crippen LogP contribution in [0.4, 0.5) is 0 Å². The summed E-state index contributed by atoms with van der Waals surface area (Å²) in [5, 5.41) is 0. The number of Topliss-reactive ketones (excluding diaryl/α,β-unsaturated/α-hetero) is 2. The summed E-state index contributed by atoms with van der Waals surface area (Å²) in [4.78, 5) is 29.2. The summed E-state index contributed by atoms with van der Waals surface area (Å²) < 4.78 is 28.6. The number of carbonyl (C=O) groups is 2. The van der Waals surface area contributed by atoms with Crippen LogP contribution in [0.2, 0.25) is 0 Å². The van der Waals surface area contributed by atoms with Crippen LogP contribution in [-0.2, 0) is 19.1 Å². The molecule has 0 saturated heterocycles. The van der Waals surface area contributed by atoms with Gasteiger partial charge in [-0.15, -0.1) is 0 Å². The predicted molar refractivity (Wildman–Crippen MR) is 162 cm³/mol. The van der Waals surface area contributed by atoms with E-state index in [4.69, 9.17) is 18.9 Å². The molecule has 0 bridgehead atoms. The normalized spacial score (nSPS) is 28.9. The van der Waals surface area contributed by atoms with Gasteiger partial charge in [-0.2, -0.15) is 0 Å². The van der Waals surface area contributed by atoms with Gasteiger partial charge in [-0.05, 0) is 83.8 Å². The average Bonchev–Trinajstić information content (AvgIpc) is 2.86. The Morgan fingerprint density at radius 3 is 1.40 bits per heavy atom. The first kappa shape index (κ1) is 27.2. The molecule has 40 heavy (non-hydrogen) atoms. The van der Waals surface area contributed by atoms with Crippen LogP contribution < -0.4 is 9.47 Å². The Hall–Kier alpha value is -1.62. The highest BCUT2D eigenvalue weighted by molar-refractivity contribution is 9.11. The molecule has 7 rings (SSSR count). The fraction of sp³-hybridized carbons (Fsp3) is 0.400. The summed E-state index contributed by atoms with van der Waals surface area (Å²) in [6, 6.07) is 7.77. The van der Waals surface area contributed by atoms with Gasteiger partial charge in [0.05, 0.1) is 33.3 Å². The molecule has 1 aliphatic carbocycles. The highest BCUT2D eigenvalue weighted by Gasteiger charge is 2.60. The fourth-order valence-corrected chi connectivity index (χ4v) is 9.70. The molecule has 0 amide bonds. The topological polar surface area (TPSA) is 71.1 Å². The van der Waals surface area contributed by atoms with Gasteiger partial charge in [0.25, 0.3) is 0 Å². The maximum absolute atomic E-state index is 14.6. The van der Waals surface area contributed by atoms with Crippen molar-refractivity contribution in [2.75, 3.05) is 13.2 Å². The van der Waals surface area contributed by atoms with Crippen LogP contribution in [0, 0.1) is 11.8 Å². The number of carbonyl (C=O) groups excluding carboxylic acids is 2. The summed E-state index contributed by atoms with van der Waals surface area (Å²) in [6.45, 7) is 8.52. The van der Waals surface area contributed by atoms with Crippen LogP contribution >= 0.6 is 63.7 Å². The maximum Gasteiger partial charge on any atom is 0.228 e. The first-order chi connectivity index (χ1) is 18.8. The van der Waals surface area contributed by atoms with Crippen LogP contribution in [-0.4, -0.2) is 36.0 Å². The van der Waals surface area contributed by atoms with Gasteiger partial charge in [0, 0.05) is 43.7 Å². The van der Waals surface area contributed by atoms with Gasteiger partial charge in [-0.3, -0.25) is 9.59 Å². The molecule has 4 heterocycles. The molecule has 2 aromatic carbocycles. The first-order valence-electron chi connectivity index (χ1n) is 13.0. The fourth-order valence-electron chi connectivity index (χ4n) is 6.96. The minimum atomic E-state index is -0.766. The lowest BCUT2D eigenvalue weighted by atomic mass is 9.63. The third-order valence-corrected chi connectivity index (χ3v) is 11.0. The van der Waals surface area contributed by atoms with Gasteiger partial charge < -0.3 is 18.9 Å². The highest BCUT2D eigenvalue weighted by Crippen LogP contribution is 2.60. The second kappa shape index (κ2) is 8.94. The van der Waals surface area contributed by atoms with Crippen LogP contribution in [0.5, 0.6) is 11.5 Å². The van der Waals surface area contributed by atoms with Crippen molar-refractivity contribution in [3.63, 3.8) is 0 Å². The number of allylic oxidation sites excluding steroid dienone is 2. The van der Waals surface area contributed by atoms with E-state index < -0.39 is 23.0 Å². The van der Waals surface area contributed by atoms with Crippen molar-refractivity contribution in [1.82, 2.24) is 0 Å². The van der Waals surface area contributed by atoms with E-state index >= 15 is 0 Å². The number of hydrogen-bond donors (Lipinski definition) is 0. The van der Waals surface area contributed by atoms with E-state index in [1.165, 1.54) is 0 Å². The van der Waals surface area contributed by atoms with E-state index in [9.17, 15) is 9.59 Å². The summed E-state index contributed by atoms with van der Waals surface area (Å²) in [6.07, 6.45) is 0. The Kier molecular flexibility index (Phi) is 6.09. The van der Waals surface area contributed by atoms with Gasteiger partial charge in [0.15, 0.2) is 11.5 Å². The number of ketones is 2. The lowest BCUT2D eigenvalue weighted by molar-refractivity contribution is -0.139. The van der Waals surface area contributed by atoms with E-state index in [1.54, 1.807) is 0 Å². The van der Waals surface area contributed by atoms with Crippen LogP contribution in [0.3, 0.4) is 0 Å². The zero-order valence-electron chi connectivity index (χ0n) is 22.0. The Morgan fingerprint density at radius 2 is 1.02 bits per heavy atom. The van der Waals surface area contributed by atoms with E-state index in [0.29, 0.717) is 35.9 Å². The van der Waals surface area contributed by atoms with Crippen molar-refractivity contribution >= 4 is 75.3 Å². The minimum Gasteiger partial charge on any atom is -0.492 e. The number of ether oxygens (including phenoxy) is 4. The van der Waals surface area contributed by atoms with Crippen molar-refractivity contribution < 1.29 is 28.5 Å². The zero-order chi connectivity index (χ0) is 28.5. The Morgan fingerprint density at radius 1 is 0.650 bits per heavy atom. The molecule has 208 valence electrons. The van der Waals surface area contributed by atoms with E-state index in [1.807, 2.05) is 52.0 Å². The van der Waals surface area contributed by atoms with Crippen LogP contribution in [0.25, 0.3) is 0 Å². The number of hydrogen-bond acceptors (Lipinski definition) is 6. The van der Waals surface area contributed by atoms with E-state index in [2.05, 4.69) is 63.7 Å². The van der Waals surface area contributed by atoms with Gasteiger partial charge >= 0.3 is 0 Å². The molecule has 6 nitrogen and oxygen atoms in total. The Bertz CT molecular complexity index is 1500. The molecule has 0 radical (unpaired) electrons. The van der Waals surface area contributed by atoms with Gasteiger partial charge in [0.2, 0.25) is 11.6 Å². The molecule has 0 saturated carbocycles. The van der Waals surface area contributed by atoms with Crippen molar-refractivity contribution in [3.8, 4) is 11.5 Å². The van der Waals surface area contributed by atoms with E-state index in [-0.39, 0.29) is 34.9 Å². The summed E-state index contributed by atoms with van der Waals surface area (Å²) in [7, 11) is 0. The quantitative estimate of drug-likeness (QED) is 0.253. The molecule has 0 fully saturated rings. The summed E-state index contributed by atoms with van der Waals surface area (Å²) in [5.41, 5.74) is 0.835.